The Bertz CT molecular complexity index is 560. The minimum Gasteiger partial charge on any atom is -0.411 e. The quantitative estimate of drug-likeness (QED) is 0.471. The van der Waals surface area contributed by atoms with Crippen LogP contribution in [0.15, 0.2) is 23.4 Å². The summed E-state index contributed by atoms with van der Waals surface area (Å²) in [4.78, 5) is 4.32. The van der Waals surface area contributed by atoms with Crippen LogP contribution in [-0.4, -0.2) is 26.0 Å². The van der Waals surface area contributed by atoms with Gasteiger partial charge in [-0.05, 0) is 25.5 Å². The van der Waals surface area contributed by atoms with Gasteiger partial charge < -0.3 is 5.21 Å². The number of aryl methyl sites for hydroxylation is 1. The van der Waals surface area contributed by atoms with Crippen LogP contribution in [0.5, 0.6) is 0 Å². The molecule has 1 aliphatic rings. The third-order valence-corrected chi connectivity index (χ3v) is 2.97. The Balaban J connectivity index is 2.04. The average Bonchev–Trinajstić information content (AvgIpc) is 2.90. The highest BCUT2D eigenvalue weighted by molar-refractivity contribution is 5.66. The van der Waals surface area contributed by atoms with Gasteiger partial charge >= 0.3 is 0 Å². The maximum absolute atomic E-state index is 8.49. The fraction of sp³-hybridized carbons (Fsp3) is 0.364. The first-order valence-corrected chi connectivity index (χ1v) is 5.29. The number of nitrogens with zero attached hydrogens (tertiary/aromatic N) is 4. The number of rotatable bonds is 2. The Kier molecular flexibility index (Phi) is 1.92. The zero-order valence-corrected chi connectivity index (χ0v) is 8.91. The fourth-order valence-electron chi connectivity index (χ4n) is 2.12. The molecular formula is C11H12N4O. The van der Waals surface area contributed by atoms with E-state index >= 15 is 0 Å². The summed E-state index contributed by atoms with van der Waals surface area (Å²) in [6.45, 7) is 1.89. The van der Waals surface area contributed by atoms with Crippen LogP contribution < -0.4 is 0 Å². The molecule has 1 aliphatic carbocycles. The van der Waals surface area contributed by atoms with E-state index in [4.69, 9.17) is 5.21 Å². The average molecular weight is 216 g/mol. The van der Waals surface area contributed by atoms with E-state index in [1.807, 2.05) is 23.6 Å². The van der Waals surface area contributed by atoms with Crippen molar-refractivity contribution in [1.29, 1.82) is 0 Å². The topological polar surface area (TPSA) is 62.8 Å². The Hall–Kier alpha value is -1.91. The smallest absolute Gasteiger partial charge is 0.155 e. The molecule has 1 fully saturated rings. The molecule has 0 spiro atoms. The standard InChI is InChI=1S/C11H12N4O/c1-7-13-11-4-2-3-10(15(11)14-7)9-5-8(9)6-12-16/h2-4,6,8-9,16H,5H2,1H3/b12-6+. The van der Waals surface area contributed by atoms with E-state index in [-0.39, 0.29) is 0 Å². The van der Waals surface area contributed by atoms with Crippen LogP contribution in [0, 0.1) is 12.8 Å². The summed E-state index contributed by atoms with van der Waals surface area (Å²) in [5, 5.41) is 15.9. The molecule has 2 unspecified atom stereocenters. The van der Waals surface area contributed by atoms with Gasteiger partial charge in [0, 0.05) is 23.7 Å². The van der Waals surface area contributed by atoms with Crippen molar-refractivity contribution in [2.24, 2.45) is 11.1 Å². The van der Waals surface area contributed by atoms with E-state index in [9.17, 15) is 0 Å². The number of fused-ring (bicyclic) bond motifs is 1. The van der Waals surface area contributed by atoms with Gasteiger partial charge in [0.2, 0.25) is 0 Å². The predicted octanol–water partition coefficient (Wildman–Crippen LogP) is 1.60. The molecule has 2 aromatic heterocycles. The van der Waals surface area contributed by atoms with Crippen LogP contribution in [-0.2, 0) is 0 Å². The maximum Gasteiger partial charge on any atom is 0.155 e. The number of pyridine rings is 1. The van der Waals surface area contributed by atoms with Crippen LogP contribution in [0.2, 0.25) is 0 Å². The molecule has 0 radical (unpaired) electrons. The van der Waals surface area contributed by atoms with Gasteiger partial charge in [0.25, 0.3) is 0 Å². The highest BCUT2D eigenvalue weighted by atomic mass is 16.4. The first-order valence-electron chi connectivity index (χ1n) is 5.29. The van der Waals surface area contributed by atoms with Crippen molar-refractivity contribution >= 4 is 11.9 Å². The number of hydrogen-bond donors (Lipinski definition) is 1. The molecule has 0 aliphatic heterocycles. The minimum absolute atomic E-state index is 0.333. The van der Waals surface area contributed by atoms with E-state index in [1.54, 1.807) is 6.21 Å². The van der Waals surface area contributed by atoms with Crippen LogP contribution >= 0.6 is 0 Å². The molecule has 2 heterocycles. The number of aromatic nitrogens is 3. The van der Waals surface area contributed by atoms with Crippen molar-refractivity contribution in [1.82, 2.24) is 14.6 Å². The second kappa shape index (κ2) is 3.30. The summed E-state index contributed by atoms with van der Waals surface area (Å²) in [6.07, 6.45) is 2.61. The molecular weight excluding hydrogens is 204 g/mol. The molecule has 2 aromatic rings. The van der Waals surface area contributed by atoms with Crippen LogP contribution in [0.3, 0.4) is 0 Å². The third-order valence-electron chi connectivity index (χ3n) is 2.97. The Labute approximate surface area is 92.4 Å². The van der Waals surface area contributed by atoms with Gasteiger partial charge in [-0.1, -0.05) is 6.07 Å². The molecule has 0 bridgehead atoms. The van der Waals surface area contributed by atoms with Crippen molar-refractivity contribution in [2.75, 3.05) is 0 Å². The van der Waals surface area contributed by atoms with Crippen molar-refractivity contribution < 1.29 is 5.21 Å². The van der Waals surface area contributed by atoms with E-state index in [1.165, 1.54) is 0 Å². The van der Waals surface area contributed by atoms with E-state index in [0.717, 1.165) is 23.6 Å². The Morgan fingerprint density at radius 3 is 3.25 bits per heavy atom. The van der Waals surface area contributed by atoms with Crippen LogP contribution in [0.4, 0.5) is 0 Å². The minimum atomic E-state index is 0.333. The third kappa shape index (κ3) is 1.36. The Morgan fingerprint density at radius 1 is 1.56 bits per heavy atom. The zero-order valence-electron chi connectivity index (χ0n) is 8.91. The molecule has 0 aromatic carbocycles. The van der Waals surface area contributed by atoms with Gasteiger partial charge in [-0.3, -0.25) is 0 Å². The van der Waals surface area contributed by atoms with Gasteiger partial charge in [0.05, 0.1) is 0 Å². The maximum atomic E-state index is 8.49. The van der Waals surface area contributed by atoms with Gasteiger partial charge in [-0.2, -0.15) is 5.10 Å². The fourth-order valence-corrected chi connectivity index (χ4v) is 2.12. The van der Waals surface area contributed by atoms with Crippen molar-refractivity contribution in [2.45, 2.75) is 19.3 Å². The monoisotopic (exact) mass is 216 g/mol. The molecule has 16 heavy (non-hydrogen) atoms. The highest BCUT2D eigenvalue weighted by Crippen LogP contribution is 2.45. The Morgan fingerprint density at radius 2 is 2.44 bits per heavy atom. The van der Waals surface area contributed by atoms with Gasteiger partial charge in [-0.15, -0.1) is 5.16 Å². The molecule has 5 heteroatoms. The lowest BCUT2D eigenvalue weighted by Gasteiger charge is -2.01. The predicted molar refractivity (Wildman–Crippen MR) is 58.9 cm³/mol. The molecule has 0 saturated heterocycles. The lowest BCUT2D eigenvalue weighted by Crippen LogP contribution is -1.98. The van der Waals surface area contributed by atoms with Crippen LogP contribution in [0.1, 0.15) is 23.9 Å². The summed E-state index contributed by atoms with van der Waals surface area (Å²) in [7, 11) is 0. The summed E-state index contributed by atoms with van der Waals surface area (Å²) >= 11 is 0. The lowest BCUT2D eigenvalue weighted by atomic mass is 10.2. The molecule has 1 N–H and O–H groups in total. The highest BCUT2D eigenvalue weighted by Gasteiger charge is 2.39. The lowest BCUT2D eigenvalue weighted by molar-refractivity contribution is 0.320. The van der Waals surface area contributed by atoms with Gasteiger partial charge in [-0.25, -0.2) is 9.50 Å². The van der Waals surface area contributed by atoms with Crippen LogP contribution in [0.25, 0.3) is 5.65 Å². The summed E-state index contributed by atoms with van der Waals surface area (Å²) in [5.41, 5.74) is 2.02. The molecule has 2 atom stereocenters. The summed E-state index contributed by atoms with van der Waals surface area (Å²) < 4.78 is 1.88. The zero-order chi connectivity index (χ0) is 11.1. The second-order valence-electron chi connectivity index (χ2n) is 4.15. The van der Waals surface area contributed by atoms with Crippen molar-refractivity contribution in [3.8, 4) is 0 Å². The van der Waals surface area contributed by atoms with Crippen molar-refractivity contribution in [3.05, 3.63) is 29.7 Å². The van der Waals surface area contributed by atoms with E-state index in [2.05, 4.69) is 21.3 Å². The molecule has 5 nitrogen and oxygen atoms in total. The SMILES string of the molecule is Cc1nc2cccc(C3CC3/C=N/O)n2n1. The molecule has 82 valence electrons. The second-order valence-corrected chi connectivity index (χ2v) is 4.15. The number of hydrogen-bond acceptors (Lipinski definition) is 4. The molecule has 3 rings (SSSR count). The largest absolute Gasteiger partial charge is 0.411 e. The number of oxime groups is 1. The summed E-state index contributed by atoms with van der Waals surface area (Å²) in [6, 6.07) is 5.99. The first-order chi connectivity index (χ1) is 7.79. The van der Waals surface area contributed by atoms with E-state index < -0.39 is 0 Å². The van der Waals surface area contributed by atoms with E-state index in [0.29, 0.717) is 11.8 Å². The first kappa shape index (κ1) is 9.33. The van der Waals surface area contributed by atoms with Crippen molar-refractivity contribution in [3.63, 3.8) is 0 Å². The normalized spacial score (nSPS) is 24.3. The molecule has 0 amide bonds. The van der Waals surface area contributed by atoms with Gasteiger partial charge in [0.1, 0.15) is 5.82 Å². The van der Waals surface area contributed by atoms with Gasteiger partial charge in [0.15, 0.2) is 5.65 Å². The summed E-state index contributed by atoms with van der Waals surface area (Å²) in [5.74, 6) is 1.52. The molecule has 1 saturated carbocycles.